The van der Waals surface area contributed by atoms with E-state index in [4.69, 9.17) is 6.15 Å². The van der Waals surface area contributed by atoms with E-state index in [1.165, 1.54) is 10.1 Å². The molecule has 2 aliphatic rings. The summed E-state index contributed by atoms with van der Waals surface area (Å²) in [4.78, 5) is 26.9. The van der Waals surface area contributed by atoms with Gasteiger partial charge in [0, 0.05) is 0 Å². The van der Waals surface area contributed by atoms with Crippen LogP contribution in [0.25, 0.3) is 0 Å². The Labute approximate surface area is 243 Å². The Hall–Kier alpha value is -0.421. The number of piperidine rings is 2. The zero-order valence-corrected chi connectivity index (χ0v) is 29.4. The summed E-state index contributed by atoms with van der Waals surface area (Å²) in [6, 6.07) is 0. The van der Waals surface area contributed by atoms with Gasteiger partial charge in [0.05, 0.1) is 0 Å². The van der Waals surface area contributed by atoms with Gasteiger partial charge in [-0.3, -0.25) is 0 Å². The van der Waals surface area contributed by atoms with Crippen molar-refractivity contribution in [2.75, 3.05) is 0 Å². The molecule has 0 aliphatic carbocycles. The van der Waals surface area contributed by atoms with E-state index < -0.39 is 41.4 Å². The van der Waals surface area contributed by atoms with Crippen molar-refractivity contribution < 1.29 is 26.2 Å². The van der Waals surface area contributed by atoms with E-state index in [9.17, 15) is 20.0 Å². The maximum atomic E-state index is 13.5. The topological polar surface area (TPSA) is 99.5 Å². The number of nitrogens with zero attached hydrogens (tertiary/aromatic N) is 2. The Morgan fingerprint density at radius 2 is 0.949 bits per heavy atom. The average Bonchev–Trinajstić information content (AvgIpc) is 2.77. The van der Waals surface area contributed by atoms with E-state index in [2.05, 4.69) is 13.8 Å². The van der Waals surface area contributed by atoms with Crippen LogP contribution in [0.5, 0.6) is 0 Å². The third-order valence-electron chi connectivity index (χ3n) is 8.78. The van der Waals surface area contributed by atoms with Gasteiger partial charge in [0.1, 0.15) is 0 Å². The molecular weight excluding hydrogens is 603 g/mol. The Morgan fingerprint density at radius 1 is 0.667 bits per heavy atom. The molecule has 2 N–H and O–H groups in total. The van der Waals surface area contributed by atoms with Crippen molar-refractivity contribution >= 4 is 31.1 Å². The molecule has 228 valence electrons. The third kappa shape index (κ3) is 9.28. The fraction of sp³-hybridized carbons (Fsp3) is 0.933. The summed E-state index contributed by atoms with van der Waals surface area (Å²) < 4.78 is 14.1. The second-order valence-electron chi connectivity index (χ2n) is 14.9. The van der Waals surface area contributed by atoms with Crippen molar-refractivity contribution in [3.63, 3.8) is 0 Å². The van der Waals surface area contributed by atoms with Crippen molar-refractivity contribution in [1.82, 2.24) is 10.1 Å². The zero-order chi connectivity index (χ0) is 29.9. The molecule has 2 saturated heterocycles. The molecule has 0 atom stereocenters. The van der Waals surface area contributed by atoms with Gasteiger partial charge in [-0.1, -0.05) is 0 Å². The average molecular weight is 662 g/mol. The number of hydrogen-bond donors (Lipinski definition) is 2. The zero-order valence-electron chi connectivity index (χ0n) is 26.6. The minimum atomic E-state index is -4.07. The monoisotopic (exact) mass is 662 g/mol. The summed E-state index contributed by atoms with van der Waals surface area (Å²) in [6.07, 6.45) is 7.03. The first-order chi connectivity index (χ1) is 17.8. The first-order valence-electron chi connectivity index (χ1n) is 15.2. The van der Waals surface area contributed by atoms with Crippen molar-refractivity contribution in [2.24, 2.45) is 11.8 Å². The molecule has 0 bridgehead atoms. The molecule has 2 rings (SSSR count). The number of unbranched alkanes of at least 4 members (excludes halogenated alkanes) is 2. The van der Waals surface area contributed by atoms with Crippen molar-refractivity contribution in [3.05, 3.63) is 0 Å². The predicted octanol–water partition coefficient (Wildman–Crippen LogP) is 7.21. The number of carbonyl (C=O) groups is 2. The quantitative estimate of drug-likeness (QED) is 0.212. The van der Waals surface area contributed by atoms with E-state index in [0.29, 0.717) is 34.6 Å². The van der Waals surface area contributed by atoms with Crippen LogP contribution >= 0.6 is 0 Å². The van der Waals surface area contributed by atoms with Crippen LogP contribution in [0.15, 0.2) is 0 Å². The maximum absolute atomic E-state index is 13.5. The van der Waals surface area contributed by atoms with Crippen molar-refractivity contribution in [1.29, 1.82) is 0 Å². The summed E-state index contributed by atoms with van der Waals surface area (Å²) in [7, 11) is 0. The minimum absolute atomic E-state index is 0.0936. The van der Waals surface area contributed by atoms with Gasteiger partial charge in [0.15, 0.2) is 0 Å². The second-order valence-corrected chi connectivity index (χ2v) is 24.1. The molecule has 2 aliphatic heterocycles. The SMILES string of the molecule is CCC[CH2][Sn]([CH2]CCC)([O]C(=O)CC1CC(C)(C)N(O)C(C)(C)C1)[O]C(=O)CC1CC(C)(C)N(O)C(C)(C)C1. The standard InChI is InChI=1S/2C11H21NO3.2C4H9.Sn/c2*1-10(2)6-8(5-9(13)14)7-11(3,4)12(10)15;2*1-3-4-2;/h2*8,15H,5-7H2,1-4H3,(H,13,14);2*1,3-4H2,2H3;/q;;;;+2/p-2. The van der Waals surface area contributed by atoms with Crippen molar-refractivity contribution in [2.45, 2.75) is 164 Å². The number of carbonyl (C=O) groups excluding carboxylic acids is 2. The summed E-state index contributed by atoms with van der Waals surface area (Å²) in [6.45, 7) is 20.3. The predicted molar refractivity (Wildman–Crippen MR) is 156 cm³/mol. The van der Waals surface area contributed by atoms with Gasteiger partial charge >= 0.3 is 244 Å². The molecule has 0 aromatic rings. The van der Waals surface area contributed by atoms with E-state index in [-0.39, 0.29) is 36.6 Å². The Bertz CT molecular complexity index is 739. The molecule has 0 amide bonds. The summed E-state index contributed by atoms with van der Waals surface area (Å²) in [5, 5.41) is 24.2. The fourth-order valence-electron chi connectivity index (χ4n) is 7.46. The molecule has 2 fully saturated rings. The first-order valence-corrected chi connectivity index (χ1v) is 21.6. The van der Waals surface area contributed by atoms with Crippen LogP contribution in [0.4, 0.5) is 0 Å². The Balaban J connectivity index is 2.18. The molecule has 0 saturated carbocycles. The van der Waals surface area contributed by atoms with Crippen LogP contribution in [-0.2, 0) is 15.7 Å². The van der Waals surface area contributed by atoms with E-state index in [0.717, 1.165) is 25.7 Å². The van der Waals surface area contributed by atoms with Crippen LogP contribution in [0.1, 0.15) is 133 Å². The molecule has 8 nitrogen and oxygen atoms in total. The van der Waals surface area contributed by atoms with Crippen LogP contribution in [0.2, 0.25) is 8.87 Å². The molecule has 9 heteroatoms. The molecule has 0 spiro atoms. The molecule has 39 heavy (non-hydrogen) atoms. The van der Waals surface area contributed by atoms with Crippen LogP contribution in [-0.4, -0.2) is 73.8 Å². The third-order valence-corrected chi connectivity index (χ3v) is 18.6. The Morgan fingerprint density at radius 3 is 1.21 bits per heavy atom. The van der Waals surface area contributed by atoms with Gasteiger partial charge in [-0.2, -0.15) is 0 Å². The van der Waals surface area contributed by atoms with Gasteiger partial charge in [0.2, 0.25) is 0 Å². The van der Waals surface area contributed by atoms with Gasteiger partial charge in [-0.25, -0.2) is 0 Å². The van der Waals surface area contributed by atoms with Gasteiger partial charge in [-0.15, -0.1) is 0 Å². The molecule has 0 radical (unpaired) electrons. The molecule has 2 heterocycles. The molecule has 0 aromatic heterocycles. The number of rotatable bonds is 12. The van der Waals surface area contributed by atoms with Crippen LogP contribution in [0, 0.1) is 11.8 Å². The summed E-state index contributed by atoms with van der Waals surface area (Å²) in [5.74, 6) is -0.304. The normalized spacial score (nSPS) is 23.9. The van der Waals surface area contributed by atoms with Gasteiger partial charge in [0.25, 0.3) is 0 Å². The van der Waals surface area contributed by atoms with Gasteiger partial charge in [-0.05, 0) is 0 Å². The number of hydroxylamine groups is 4. The Kier molecular flexibility index (Phi) is 11.8. The molecule has 0 aromatic carbocycles. The van der Waals surface area contributed by atoms with E-state index >= 15 is 0 Å². The van der Waals surface area contributed by atoms with Gasteiger partial charge < -0.3 is 0 Å². The van der Waals surface area contributed by atoms with Crippen LogP contribution in [0.3, 0.4) is 0 Å². The van der Waals surface area contributed by atoms with Crippen LogP contribution < -0.4 is 0 Å². The second kappa shape index (κ2) is 13.3. The van der Waals surface area contributed by atoms with E-state index in [1.807, 2.05) is 55.4 Å². The number of hydrogen-bond acceptors (Lipinski definition) is 8. The fourth-order valence-corrected chi connectivity index (χ4v) is 17.4. The van der Waals surface area contributed by atoms with E-state index in [1.54, 1.807) is 0 Å². The summed E-state index contributed by atoms with van der Waals surface area (Å²) in [5.41, 5.74) is -1.74. The molecular formula is C30H58N2O6Sn. The summed E-state index contributed by atoms with van der Waals surface area (Å²) >= 11 is -4.07. The first kappa shape index (κ1) is 34.8. The molecule has 0 unspecified atom stereocenters. The van der Waals surface area contributed by atoms with Crippen molar-refractivity contribution in [3.8, 4) is 0 Å².